The minimum atomic E-state index is -4.22. The molecule has 0 saturated carbocycles. The summed E-state index contributed by atoms with van der Waals surface area (Å²) in [6.07, 6.45) is -4.45. The van der Waals surface area contributed by atoms with E-state index in [0.29, 0.717) is 13.2 Å². The first kappa shape index (κ1) is 23.0. The summed E-state index contributed by atoms with van der Waals surface area (Å²) < 4.78 is 41.6. The van der Waals surface area contributed by atoms with Crippen LogP contribution >= 0.6 is 24.8 Å². The molecule has 1 aliphatic rings. The number of nitrogens with zero attached hydrogens (tertiary/aromatic N) is 1. The van der Waals surface area contributed by atoms with Gasteiger partial charge in [0.1, 0.15) is 6.04 Å². The van der Waals surface area contributed by atoms with E-state index < -0.39 is 18.8 Å². The van der Waals surface area contributed by atoms with Gasteiger partial charge in [-0.1, -0.05) is 0 Å². The number of carbonyl (C=O) groups excluding carboxylic acids is 1. The standard InChI is InChI=1S/C11H20F3N3O2.2ClH/c1-8-9(15-4-6-19-8)10(18)16-3-5-17(2)7-11(12,13)14;;/h8-9,15H,3-7H2,1-2H3,(H,16,18);2*1H/t8-,9+;;/m1../s1. The van der Waals surface area contributed by atoms with E-state index in [1.54, 1.807) is 6.92 Å². The highest BCUT2D eigenvalue weighted by Gasteiger charge is 2.30. The fourth-order valence-corrected chi connectivity index (χ4v) is 1.89. The number of hydrogen-bond acceptors (Lipinski definition) is 4. The molecule has 1 heterocycles. The lowest BCUT2D eigenvalue weighted by Crippen LogP contribution is -2.56. The van der Waals surface area contributed by atoms with Crippen LogP contribution in [0.5, 0.6) is 0 Å². The number of likely N-dealkylation sites (N-methyl/N-ethyl adjacent to an activating group) is 1. The van der Waals surface area contributed by atoms with Crippen molar-refractivity contribution < 1.29 is 22.7 Å². The number of hydrogen-bond donors (Lipinski definition) is 2. The van der Waals surface area contributed by atoms with Gasteiger partial charge in [-0.15, -0.1) is 24.8 Å². The first-order valence-electron chi connectivity index (χ1n) is 6.17. The first-order chi connectivity index (χ1) is 8.79. The average molecular weight is 356 g/mol. The lowest BCUT2D eigenvalue weighted by molar-refractivity contribution is -0.142. The highest BCUT2D eigenvalue weighted by molar-refractivity contribution is 5.85. The first-order valence-corrected chi connectivity index (χ1v) is 6.17. The minimum absolute atomic E-state index is 0. The molecule has 21 heavy (non-hydrogen) atoms. The van der Waals surface area contributed by atoms with Gasteiger partial charge in [0.05, 0.1) is 19.3 Å². The van der Waals surface area contributed by atoms with Crippen LogP contribution < -0.4 is 10.6 Å². The summed E-state index contributed by atoms with van der Waals surface area (Å²) in [5.41, 5.74) is 0. The minimum Gasteiger partial charge on any atom is -0.375 e. The van der Waals surface area contributed by atoms with Crippen molar-refractivity contribution in [3.63, 3.8) is 0 Å². The molecule has 0 unspecified atom stereocenters. The highest BCUT2D eigenvalue weighted by Crippen LogP contribution is 2.15. The SMILES string of the molecule is C[C@H]1OCCN[C@@H]1C(=O)NCCN(C)CC(F)(F)F.Cl.Cl. The third-order valence-electron chi connectivity index (χ3n) is 2.84. The van der Waals surface area contributed by atoms with Crippen LogP contribution in [0.4, 0.5) is 13.2 Å². The van der Waals surface area contributed by atoms with Crippen LogP contribution in [-0.4, -0.2) is 69.0 Å². The van der Waals surface area contributed by atoms with E-state index in [1.165, 1.54) is 7.05 Å². The van der Waals surface area contributed by atoms with E-state index >= 15 is 0 Å². The predicted octanol–water partition coefficient (Wildman–Crippen LogP) is 0.817. The summed E-state index contributed by atoms with van der Waals surface area (Å²) in [4.78, 5) is 12.9. The molecule has 1 saturated heterocycles. The normalized spacial score (nSPS) is 22.2. The Bertz CT molecular complexity index is 309. The number of carbonyl (C=O) groups is 1. The number of amides is 1. The summed E-state index contributed by atoms with van der Waals surface area (Å²) in [5.74, 6) is -0.243. The van der Waals surface area contributed by atoms with E-state index in [2.05, 4.69) is 10.6 Å². The number of halogens is 5. The summed E-state index contributed by atoms with van der Waals surface area (Å²) in [7, 11) is 1.37. The lowest BCUT2D eigenvalue weighted by atomic mass is 10.1. The number of nitrogens with one attached hydrogen (secondary N) is 2. The molecule has 2 N–H and O–H groups in total. The maximum absolute atomic E-state index is 12.1. The second-order valence-corrected chi connectivity index (χ2v) is 4.65. The van der Waals surface area contributed by atoms with Gasteiger partial charge in [-0.3, -0.25) is 9.69 Å². The molecular weight excluding hydrogens is 334 g/mol. The van der Waals surface area contributed by atoms with Crippen molar-refractivity contribution in [3.8, 4) is 0 Å². The van der Waals surface area contributed by atoms with Crippen LogP contribution in [0.2, 0.25) is 0 Å². The fourth-order valence-electron chi connectivity index (χ4n) is 1.89. The Morgan fingerprint density at radius 3 is 2.57 bits per heavy atom. The number of rotatable bonds is 5. The van der Waals surface area contributed by atoms with Crippen molar-refractivity contribution >= 4 is 30.7 Å². The van der Waals surface area contributed by atoms with Gasteiger partial charge >= 0.3 is 6.18 Å². The number of alkyl halides is 3. The molecule has 1 amide bonds. The van der Waals surface area contributed by atoms with E-state index in [-0.39, 0.29) is 49.9 Å². The Labute approximate surface area is 134 Å². The second-order valence-electron chi connectivity index (χ2n) is 4.65. The molecule has 1 fully saturated rings. The van der Waals surface area contributed by atoms with Crippen molar-refractivity contribution in [1.82, 2.24) is 15.5 Å². The summed E-state index contributed by atoms with van der Waals surface area (Å²) in [6, 6.07) is -0.443. The van der Waals surface area contributed by atoms with E-state index in [1.807, 2.05) is 0 Å². The van der Waals surface area contributed by atoms with Gasteiger partial charge < -0.3 is 15.4 Å². The molecule has 0 radical (unpaired) electrons. The van der Waals surface area contributed by atoms with Crippen molar-refractivity contribution in [2.24, 2.45) is 0 Å². The van der Waals surface area contributed by atoms with Crippen LogP contribution in [0.1, 0.15) is 6.92 Å². The zero-order valence-corrected chi connectivity index (χ0v) is 13.5. The zero-order chi connectivity index (χ0) is 14.5. The van der Waals surface area contributed by atoms with Crippen molar-refractivity contribution in [1.29, 1.82) is 0 Å². The van der Waals surface area contributed by atoms with Crippen molar-refractivity contribution in [2.75, 3.05) is 39.8 Å². The summed E-state index contributed by atoms with van der Waals surface area (Å²) in [5, 5.41) is 5.62. The van der Waals surface area contributed by atoms with Gasteiger partial charge in [0.25, 0.3) is 0 Å². The number of ether oxygens (including phenoxy) is 1. The molecular formula is C11H22Cl2F3N3O2. The van der Waals surface area contributed by atoms with Gasteiger partial charge in [0.2, 0.25) is 5.91 Å². The van der Waals surface area contributed by atoms with Gasteiger partial charge in [-0.05, 0) is 14.0 Å². The Morgan fingerprint density at radius 1 is 1.43 bits per heavy atom. The van der Waals surface area contributed by atoms with Gasteiger partial charge in [-0.25, -0.2) is 0 Å². The molecule has 5 nitrogen and oxygen atoms in total. The Balaban J connectivity index is 0. The molecule has 0 aromatic rings. The molecule has 0 aromatic carbocycles. The van der Waals surface area contributed by atoms with Crippen molar-refractivity contribution in [3.05, 3.63) is 0 Å². The van der Waals surface area contributed by atoms with Crippen LogP contribution in [0.25, 0.3) is 0 Å². The molecule has 0 aromatic heterocycles. The maximum Gasteiger partial charge on any atom is 0.401 e. The highest BCUT2D eigenvalue weighted by atomic mass is 35.5. The molecule has 2 atom stereocenters. The van der Waals surface area contributed by atoms with Crippen LogP contribution in [-0.2, 0) is 9.53 Å². The topological polar surface area (TPSA) is 53.6 Å². The van der Waals surface area contributed by atoms with Crippen LogP contribution in [0.3, 0.4) is 0 Å². The van der Waals surface area contributed by atoms with Crippen LogP contribution in [0, 0.1) is 0 Å². The quantitative estimate of drug-likeness (QED) is 0.766. The third kappa shape index (κ3) is 9.36. The van der Waals surface area contributed by atoms with Crippen molar-refractivity contribution in [2.45, 2.75) is 25.2 Å². The van der Waals surface area contributed by atoms with Gasteiger partial charge in [0.15, 0.2) is 0 Å². The average Bonchev–Trinajstić information content (AvgIpc) is 2.26. The summed E-state index contributed by atoms with van der Waals surface area (Å²) in [6.45, 7) is 2.27. The summed E-state index contributed by atoms with van der Waals surface area (Å²) >= 11 is 0. The molecule has 0 bridgehead atoms. The molecule has 0 spiro atoms. The largest absolute Gasteiger partial charge is 0.401 e. The maximum atomic E-state index is 12.1. The van der Waals surface area contributed by atoms with Crippen LogP contribution in [0.15, 0.2) is 0 Å². The van der Waals surface area contributed by atoms with E-state index in [9.17, 15) is 18.0 Å². The fraction of sp³-hybridized carbons (Fsp3) is 0.909. The molecule has 0 aliphatic carbocycles. The van der Waals surface area contributed by atoms with E-state index in [4.69, 9.17) is 4.74 Å². The molecule has 10 heteroatoms. The Morgan fingerprint density at radius 2 is 2.05 bits per heavy atom. The molecule has 1 rings (SSSR count). The Kier molecular flexibility index (Phi) is 11.4. The number of morpholine rings is 1. The molecule has 1 aliphatic heterocycles. The Hall–Kier alpha value is -0.280. The lowest BCUT2D eigenvalue weighted by Gasteiger charge is -2.29. The predicted molar refractivity (Wildman–Crippen MR) is 78.3 cm³/mol. The van der Waals surface area contributed by atoms with Gasteiger partial charge in [-0.2, -0.15) is 13.2 Å². The molecule has 128 valence electrons. The third-order valence-corrected chi connectivity index (χ3v) is 2.84. The van der Waals surface area contributed by atoms with E-state index in [0.717, 1.165) is 4.90 Å². The monoisotopic (exact) mass is 355 g/mol. The van der Waals surface area contributed by atoms with Gasteiger partial charge in [0, 0.05) is 19.6 Å². The zero-order valence-electron chi connectivity index (χ0n) is 11.9. The smallest absolute Gasteiger partial charge is 0.375 e. The second kappa shape index (κ2) is 10.4.